The van der Waals surface area contributed by atoms with E-state index in [9.17, 15) is 5.11 Å². The average Bonchev–Trinajstić information content (AvgIpc) is 2.68. The minimum Gasteiger partial charge on any atom is -0.508 e. The number of nitrogens with one attached hydrogen (secondary N) is 2. The molecule has 3 heteroatoms. The van der Waals surface area contributed by atoms with Crippen LogP contribution in [0.15, 0.2) is 36.5 Å². The molecule has 1 atom stereocenters. The van der Waals surface area contributed by atoms with Gasteiger partial charge < -0.3 is 15.4 Å². The Balaban J connectivity index is 2.35. The first kappa shape index (κ1) is 11.7. The molecular formula is C14H18N2O. The Hall–Kier alpha value is -1.74. The molecule has 1 aromatic heterocycles. The van der Waals surface area contributed by atoms with Crippen molar-refractivity contribution in [3.8, 4) is 5.75 Å². The first-order chi connectivity index (χ1) is 8.11. The fraction of sp³-hybridized carbons (Fsp3) is 0.286. The number of phenols is 1. The van der Waals surface area contributed by atoms with Gasteiger partial charge in [-0.15, -0.1) is 0 Å². The molecule has 0 saturated carbocycles. The lowest BCUT2D eigenvalue weighted by Gasteiger charge is -2.15. The highest BCUT2D eigenvalue weighted by atomic mass is 16.3. The van der Waals surface area contributed by atoms with Gasteiger partial charge in [-0.3, -0.25) is 0 Å². The topological polar surface area (TPSA) is 48.0 Å². The van der Waals surface area contributed by atoms with Gasteiger partial charge in [-0.2, -0.15) is 0 Å². The molecule has 0 fully saturated rings. The Kier molecular flexibility index (Phi) is 3.20. The third-order valence-electron chi connectivity index (χ3n) is 3.12. The van der Waals surface area contributed by atoms with Crippen molar-refractivity contribution in [1.29, 1.82) is 0 Å². The monoisotopic (exact) mass is 230 g/mol. The van der Waals surface area contributed by atoms with Crippen LogP contribution in [0.2, 0.25) is 0 Å². The van der Waals surface area contributed by atoms with Crippen LogP contribution in [0, 0.1) is 0 Å². The highest BCUT2D eigenvalue weighted by Gasteiger charge is 2.11. The van der Waals surface area contributed by atoms with Crippen molar-refractivity contribution in [3.63, 3.8) is 0 Å². The van der Waals surface area contributed by atoms with Gasteiger partial charge in [0.25, 0.3) is 0 Å². The van der Waals surface area contributed by atoms with Crippen molar-refractivity contribution in [2.45, 2.75) is 19.4 Å². The normalized spacial score (nSPS) is 12.8. The molecule has 0 spiro atoms. The van der Waals surface area contributed by atoms with Crippen LogP contribution in [0.5, 0.6) is 5.75 Å². The first-order valence-corrected chi connectivity index (χ1v) is 5.73. The molecule has 0 aliphatic heterocycles. The maximum atomic E-state index is 9.53. The number of H-pyrrole nitrogens is 1. The zero-order valence-electron chi connectivity index (χ0n) is 10.2. The number of phenolic OH excluding ortho intramolecular Hbond substituents is 1. The summed E-state index contributed by atoms with van der Waals surface area (Å²) in [6.07, 6.45) is 2.87. The molecule has 3 nitrogen and oxygen atoms in total. The fourth-order valence-corrected chi connectivity index (χ4v) is 2.08. The van der Waals surface area contributed by atoms with E-state index in [4.69, 9.17) is 0 Å². The van der Waals surface area contributed by atoms with Gasteiger partial charge in [0.15, 0.2) is 0 Å². The second kappa shape index (κ2) is 4.63. The van der Waals surface area contributed by atoms with Crippen molar-refractivity contribution in [2.24, 2.45) is 0 Å². The van der Waals surface area contributed by atoms with Crippen LogP contribution < -0.4 is 5.32 Å². The summed E-state index contributed by atoms with van der Waals surface area (Å²) in [5, 5.41) is 13.8. The van der Waals surface area contributed by atoms with E-state index < -0.39 is 0 Å². The highest BCUT2D eigenvalue weighted by molar-refractivity contribution is 5.84. The van der Waals surface area contributed by atoms with E-state index in [-0.39, 0.29) is 6.04 Å². The predicted molar refractivity (Wildman–Crippen MR) is 71.3 cm³/mol. The lowest BCUT2D eigenvalue weighted by atomic mass is 10.0. The minimum absolute atomic E-state index is 0.261. The summed E-state index contributed by atoms with van der Waals surface area (Å²) in [5.74, 6) is 0.301. The van der Waals surface area contributed by atoms with Gasteiger partial charge in [0.1, 0.15) is 5.75 Å². The summed E-state index contributed by atoms with van der Waals surface area (Å²) in [7, 11) is 1.94. The SMILES string of the molecule is C=C(C)C(Cc1c[nH]c2ccc(O)cc12)NC. The molecule has 1 aromatic carbocycles. The van der Waals surface area contributed by atoms with E-state index in [1.165, 1.54) is 5.56 Å². The van der Waals surface area contributed by atoms with Gasteiger partial charge in [-0.05, 0) is 44.2 Å². The van der Waals surface area contributed by atoms with E-state index in [0.29, 0.717) is 5.75 Å². The second-order valence-corrected chi connectivity index (χ2v) is 4.44. The molecule has 3 N–H and O–H groups in total. The number of benzene rings is 1. The molecule has 2 aromatic rings. The van der Waals surface area contributed by atoms with Crippen molar-refractivity contribution in [3.05, 3.63) is 42.1 Å². The summed E-state index contributed by atoms with van der Waals surface area (Å²) in [5.41, 5.74) is 3.36. The zero-order valence-corrected chi connectivity index (χ0v) is 10.2. The van der Waals surface area contributed by atoms with E-state index in [0.717, 1.165) is 22.9 Å². The average molecular weight is 230 g/mol. The predicted octanol–water partition coefficient (Wildman–Crippen LogP) is 2.58. The molecule has 0 radical (unpaired) electrons. The molecule has 2 rings (SSSR count). The van der Waals surface area contributed by atoms with Gasteiger partial charge in [-0.25, -0.2) is 0 Å². The van der Waals surface area contributed by atoms with E-state index in [1.54, 1.807) is 12.1 Å². The van der Waals surface area contributed by atoms with E-state index >= 15 is 0 Å². The largest absolute Gasteiger partial charge is 0.508 e. The Morgan fingerprint density at radius 2 is 2.29 bits per heavy atom. The van der Waals surface area contributed by atoms with Crippen LogP contribution in [0.3, 0.4) is 0 Å². The minimum atomic E-state index is 0.261. The van der Waals surface area contributed by atoms with Gasteiger partial charge in [0.2, 0.25) is 0 Å². The molecule has 0 amide bonds. The number of hydrogen-bond donors (Lipinski definition) is 3. The molecule has 90 valence electrons. The van der Waals surface area contributed by atoms with Crippen LogP contribution >= 0.6 is 0 Å². The van der Waals surface area contributed by atoms with Crippen LogP contribution in [-0.4, -0.2) is 23.2 Å². The first-order valence-electron chi connectivity index (χ1n) is 5.73. The Morgan fingerprint density at radius 1 is 1.53 bits per heavy atom. The molecule has 0 bridgehead atoms. The van der Waals surface area contributed by atoms with Crippen molar-refractivity contribution in [1.82, 2.24) is 10.3 Å². The van der Waals surface area contributed by atoms with Crippen molar-refractivity contribution < 1.29 is 5.11 Å². The van der Waals surface area contributed by atoms with Gasteiger partial charge in [0, 0.05) is 23.1 Å². The second-order valence-electron chi connectivity index (χ2n) is 4.44. The summed E-state index contributed by atoms with van der Waals surface area (Å²) in [6, 6.07) is 5.64. The fourth-order valence-electron chi connectivity index (χ4n) is 2.08. The maximum absolute atomic E-state index is 9.53. The lowest BCUT2D eigenvalue weighted by Crippen LogP contribution is -2.28. The summed E-state index contributed by atoms with van der Waals surface area (Å²) < 4.78 is 0. The third kappa shape index (κ3) is 2.34. The van der Waals surface area contributed by atoms with Crippen LogP contribution in [-0.2, 0) is 6.42 Å². The number of likely N-dealkylation sites (N-methyl/N-ethyl adjacent to an activating group) is 1. The number of fused-ring (bicyclic) bond motifs is 1. The summed E-state index contributed by atoms with van der Waals surface area (Å²) >= 11 is 0. The van der Waals surface area contributed by atoms with E-state index in [2.05, 4.69) is 16.9 Å². The van der Waals surface area contributed by atoms with Gasteiger partial charge in [0.05, 0.1) is 0 Å². The lowest BCUT2D eigenvalue weighted by molar-refractivity contribution is 0.476. The zero-order chi connectivity index (χ0) is 12.4. The van der Waals surface area contributed by atoms with Crippen molar-refractivity contribution in [2.75, 3.05) is 7.05 Å². The number of hydrogen-bond acceptors (Lipinski definition) is 2. The molecule has 0 saturated heterocycles. The van der Waals surface area contributed by atoms with Crippen molar-refractivity contribution >= 4 is 10.9 Å². The number of rotatable bonds is 4. The molecule has 1 heterocycles. The molecule has 1 unspecified atom stereocenters. The third-order valence-corrected chi connectivity index (χ3v) is 3.12. The smallest absolute Gasteiger partial charge is 0.116 e. The molecule has 17 heavy (non-hydrogen) atoms. The number of aromatic amines is 1. The molecule has 0 aliphatic carbocycles. The maximum Gasteiger partial charge on any atom is 0.116 e. The number of aromatic nitrogens is 1. The van der Waals surface area contributed by atoms with Gasteiger partial charge in [-0.1, -0.05) is 12.2 Å². The van der Waals surface area contributed by atoms with Crippen LogP contribution in [0.4, 0.5) is 0 Å². The van der Waals surface area contributed by atoms with Crippen LogP contribution in [0.1, 0.15) is 12.5 Å². The standard InChI is InChI=1S/C14H18N2O/c1-9(2)14(15-3)6-10-8-16-13-5-4-11(17)7-12(10)13/h4-5,7-8,14-17H,1,6H2,2-3H3. The summed E-state index contributed by atoms with van der Waals surface area (Å²) in [6.45, 7) is 6.00. The van der Waals surface area contributed by atoms with E-state index in [1.807, 2.05) is 26.2 Å². The Bertz CT molecular complexity index is 542. The summed E-state index contributed by atoms with van der Waals surface area (Å²) in [4.78, 5) is 3.22. The highest BCUT2D eigenvalue weighted by Crippen LogP contribution is 2.24. The Morgan fingerprint density at radius 3 is 2.94 bits per heavy atom. The van der Waals surface area contributed by atoms with Gasteiger partial charge >= 0.3 is 0 Å². The quantitative estimate of drug-likeness (QED) is 0.707. The number of aromatic hydroxyl groups is 1. The van der Waals surface area contributed by atoms with Crippen LogP contribution in [0.25, 0.3) is 10.9 Å². The molecule has 0 aliphatic rings. The Labute approximate surface area is 101 Å². The molecular weight excluding hydrogens is 212 g/mol.